The van der Waals surface area contributed by atoms with Gasteiger partial charge in [-0.2, -0.15) is 26.3 Å². The van der Waals surface area contributed by atoms with E-state index in [1.807, 2.05) is 18.2 Å². The molecule has 1 amide bonds. The largest absolute Gasteiger partial charge is 0.416 e. The van der Waals surface area contributed by atoms with Crippen molar-refractivity contribution < 1.29 is 35.9 Å². The maximum absolute atomic E-state index is 13.8. The zero-order valence-electron chi connectivity index (χ0n) is 21.7. The molecule has 2 aromatic carbocycles. The van der Waals surface area contributed by atoms with Gasteiger partial charge in [0.1, 0.15) is 0 Å². The summed E-state index contributed by atoms with van der Waals surface area (Å²) in [6.45, 7) is 1.69. The van der Waals surface area contributed by atoms with E-state index in [0.29, 0.717) is 63.0 Å². The number of aromatic nitrogens is 3. The lowest BCUT2D eigenvalue weighted by molar-refractivity contribution is -0.143. The van der Waals surface area contributed by atoms with Crippen molar-refractivity contribution in [3.05, 3.63) is 75.4 Å². The summed E-state index contributed by atoms with van der Waals surface area (Å²) in [5, 5.41) is 8.72. The van der Waals surface area contributed by atoms with Crippen LogP contribution in [0.15, 0.2) is 42.5 Å². The van der Waals surface area contributed by atoms with E-state index in [-0.39, 0.29) is 29.1 Å². The second-order valence-electron chi connectivity index (χ2n) is 10.0. The molecular formula is C27H26ClF6N5O2. The summed E-state index contributed by atoms with van der Waals surface area (Å²) in [6.07, 6.45) is -8.43. The van der Waals surface area contributed by atoms with Crippen molar-refractivity contribution in [2.45, 2.75) is 37.7 Å². The molecule has 5 rings (SSSR count). The Kier molecular flexibility index (Phi) is 8.20. The van der Waals surface area contributed by atoms with Crippen LogP contribution < -0.4 is 4.90 Å². The van der Waals surface area contributed by atoms with Gasteiger partial charge in [-0.3, -0.25) is 4.79 Å². The maximum Gasteiger partial charge on any atom is 0.416 e. The lowest BCUT2D eigenvalue weighted by atomic mass is 9.90. The molecule has 0 bridgehead atoms. The molecule has 14 heteroatoms. The minimum atomic E-state index is -4.99. The normalized spacial score (nSPS) is 18.6. The van der Waals surface area contributed by atoms with Crippen LogP contribution in [0.1, 0.15) is 51.5 Å². The predicted molar refractivity (Wildman–Crippen MR) is 138 cm³/mol. The van der Waals surface area contributed by atoms with Crippen molar-refractivity contribution in [3.8, 4) is 0 Å². The second kappa shape index (κ2) is 11.5. The zero-order valence-corrected chi connectivity index (χ0v) is 22.4. The SMILES string of the molecule is O=C(c1nnn(Cc2cc(C(F)(F)F)cc(C(F)(F)F)c2)c1N1CCOCC1)N1CCCC(c2ccccc2Cl)C1. The summed E-state index contributed by atoms with van der Waals surface area (Å²) in [5.74, 6) is -0.201. The highest BCUT2D eigenvalue weighted by Crippen LogP contribution is 2.37. The van der Waals surface area contributed by atoms with Gasteiger partial charge in [0.05, 0.1) is 30.9 Å². The molecule has 0 saturated carbocycles. The Bertz CT molecular complexity index is 1370. The summed E-state index contributed by atoms with van der Waals surface area (Å²) >= 11 is 6.40. The highest BCUT2D eigenvalue weighted by Gasteiger charge is 2.38. The first kappa shape index (κ1) is 29.2. The molecule has 0 aliphatic carbocycles. The van der Waals surface area contributed by atoms with E-state index in [1.165, 1.54) is 4.68 Å². The van der Waals surface area contributed by atoms with Crippen LogP contribution in [-0.4, -0.2) is 65.2 Å². The monoisotopic (exact) mass is 601 g/mol. The van der Waals surface area contributed by atoms with E-state index in [2.05, 4.69) is 10.3 Å². The van der Waals surface area contributed by atoms with Crippen molar-refractivity contribution in [2.75, 3.05) is 44.3 Å². The number of morpholine rings is 1. The van der Waals surface area contributed by atoms with Gasteiger partial charge < -0.3 is 14.5 Å². The molecule has 1 unspecified atom stereocenters. The molecular weight excluding hydrogens is 576 g/mol. The zero-order chi connectivity index (χ0) is 29.4. The number of likely N-dealkylation sites (tertiary alicyclic amines) is 1. The molecule has 2 saturated heterocycles. The van der Waals surface area contributed by atoms with Gasteiger partial charge in [0, 0.05) is 37.1 Å². The molecule has 3 heterocycles. The quantitative estimate of drug-likeness (QED) is 0.342. The molecule has 0 spiro atoms. The molecule has 0 radical (unpaired) electrons. The van der Waals surface area contributed by atoms with Gasteiger partial charge >= 0.3 is 12.4 Å². The first-order valence-electron chi connectivity index (χ1n) is 13.0. The van der Waals surface area contributed by atoms with E-state index in [4.69, 9.17) is 16.3 Å². The Hall–Kier alpha value is -3.32. The van der Waals surface area contributed by atoms with Crippen LogP contribution in [0.3, 0.4) is 0 Å². The third-order valence-corrected chi connectivity index (χ3v) is 7.60. The van der Waals surface area contributed by atoms with Gasteiger partial charge in [-0.25, -0.2) is 4.68 Å². The molecule has 41 heavy (non-hydrogen) atoms. The van der Waals surface area contributed by atoms with Crippen LogP contribution in [0, 0.1) is 0 Å². The Labute approximate surface area is 236 Å². The van der Waals surface area contributed by atoms with E-state index >= 15 is 0 Å². The Balaban J connectivity index is 1.49. The van der Waals surface area contributed by atoms with Crippen molar-refractivity contribution in [3.63, 3.8) is 0 Å². The highest BCUT2D eigenvalue weighted by atomic mass is 35.5. The third-order valence-electron chi connectivity index (χ3n) is 7.26. The van der Waals surface area contributed by atoms with Gasteiger partial charge in [-0.1, -0.05) is 35.0 Å². The van der Waals surface area contributed by atoms with Crippen molar-refractivity contribution in [2.24, 2.45) is 0 Å². The van der Waals surface area contributed by atoms with Crippen LogP contribution in [0.25, 0.3) is 0 Å². The lowest BCUT2D eigenvalue weighted by Gasteiger charge is -2.34. The first-order valence-corrected chi connectivity index (χ1v) is 13.4. The number of hydrogen-bond donors (Lipinski definition) is 0. The number of nitrogens with zero attached hydrogens (tertiary/aromatic N) is 5. The number of amides is 1. The average Bonchev–Trinajstić information content (AvgIpc) is 3.35. The van der Waals surface area contributed by atoms with Crippen molar-refractivity contribution in [1.82, 2.24) is 19.9 Å². The number of carbonyl (C=O) groups is 1. The number of halogens is 7. The van der Waals surface area contributed by atoms with E-state index in [0.717, 1.165) is 12.0 Å². The average molecular weight is 602 g/mol. The van der Waals surface area contributed by atoms with Crippen LogP contribution in [0.5, 0.6) is 0 Å². The van der Waals surface area contributed by atoms with Crippen LogP contribution in [0.4, 0.5) is 32.2 Å². The topological polar surface area (TPSA) is 63.5 Å². The fraction of sp³-hybridized carbons (Fsp3) is 0.444. The van der Waals surface area contributed by atoms with Crippen LogP contribution in [0.2, 0.25) is 5.02 Å². The summed E-state index contributed by atoms with van der Waals surface area (Å²) in [7, 11) is 0. The number of ether oxygens (including phenoxy) is 1. The molecule has 3 aromatic rings. The smallest absolute Gasteiger partial charge is 0.378 e. The molecule has 1 atom stereocenters. The Morgan fingerprint density at radius 3 is 2.27 bits per heavy atom. The minimum Gasteiger partial charge on any atom is -0.378 e. The Morgan fingerprint density at radius 1 is 0.976 bits per heavy atom. The second-order valence-corrected chi connectivity index (χ2v) is 10.5. The highest BCUT2D eigenvalue weighted by molar-refractivity contribution is 6.31. The molecule has 2 fully saturated rings. The summed E-state index contributed by atoms with van der Waals surface area (Å²) in [5.41, 5.74) is -2.22. The molecule has 1 aromatic heterocycles. The molecule has 2 aliphatic rings. The molecule has 0 N–H and O–H groups in total. The van der Waals surface area contributed by atoms with Crippen LogP contribution >= 0.6 is 11.6 Å². The summed E-state index contributed by atoms with van der Waals surface area (Å²) < 4.78 is 87.3. The van der Waals surface area contributed by atoms with Gasteiger partial charge in [-0.05, 0) is 48.2 Å². The van der Waals surface area contributed by atoms with E-state index < -0.39 is 35.9 Å². The van der Waals surface area contributed by atoms with Gasteiger partial charge in [0.15, 0.2) is 11.5 Å². The fourth-order valence-electron chi connectivity index (χ4n) is 5.30. The van der Waals surface area contributed by atoms with Gasteiger partial charge in [-0.15, -0.1) is 5.10 Å². The number of hydrogen-bond acceptors (Lipinski definition) is 5. The van der Waals surface area contributed by atoms with Gasteiger partial charge in [0.25, 0.3) is 5.91 Å². The third kappa shape index (κ3) is 6.45. The van der Waals surface area contributed by atoms with E-state index in [9.17, 15) is 31.1 Å². The van der Waals surface area contributed by atoms with Crippen molar-refractivity contribution in [1.29, 1.82) is 0 Å². The van der Waals surface area contributed by atoms with E-state index in [1.54, 1.807) is 15.9 Å². The van der Waals surface area contributed by atoms with Crippen LogP contribution in [-0.2, 0) is 23.6 Å². The standard InChI is InChI=1S/C27H26ClF6N5O2/c28-22-6-2-1-5-21(22)18-4-3-7-38(16-18)25(40)23-24(37-8-10-41-11-9-37)39(36-35-23)15-17-12-19(26(29,30)31)14-20(13-17)27(32,33)34/h1-2,5-6,12-14,18H,3-4,7-11,15-16H2. The fourth-order valence-corrected chi connectivity index (χ4v) is 5.59. The minimum absolute atomic E-state index is 0.00539. The first-order chi connectivity index (χ1) is 19.4. The molecule has 220 valence electrons. The number of carbonyl (C=O) groups excluding carboxylic acids is 1. The predicted octanol–water partition coefficient (Wildman–Crippen LogP) is 5.87. The van der Waals surface area contributed by atoms with Crippen molar-refractivity contribution >= 4 is 23.3 Å². The van der Waals surface area contributed by atoms with Gasteiger partial charge in [0.2, 0.25) is 0 Å². The lowest BCUT2D eigenvalue weighted by Crippen LogP contribution is -2.42. The molecule has 7 nitrogen and oxygen atoms in total. The summed E-state index contributed by atoms with van der Waals surface area (Å²) in [4.78, 5) is 17.2. The Morgan fingerprint density at radius 2 is 1.63 bits per heavy atom. The summed E-state index contributed by atoms with van der Waals surface area (Å²) in [6, 6.07) is 8.79. The number of benzene rings is 2. The number of anilines is 1. The maximum atomic E-state index is 13.8. The number of piperidine rings is 1. The molecule has 2 aliphatic heterocycles. The number of alkyl halides is 6. The number of rotatable bonds is 5.